The molecule has 1 aromatic rings. The zero-order valence-electron chi connectivity index (χ0n) is 10.4. The molecule has 6 nitrogen and oxygen atoms in total. The summed E-state index contributed by atoms with van der Waals surface area (Å²) in [6.07, 6.45) is 4.97. The lowest BCUT2D eigenvalue weighted by molar-refractivity contribution is -0.137. The van der Waals surface area contributed by atoms with Crippen LogP contribution >= 0.6 is 0 Å². The fourth-order valence-corrected chi connectivity index (χ4v) is 2.09. The number of aromatic nitrogens is 2. The molecule has 0 aliphatic carbocycles. The molecule has 0 bridgehead atoms. The summed E-state index contributed by atoms with van der Waals surface area (Å²) in [5.74, 6) is -0.355. The molecule has 1 amide bonds. The second-order valence-electron chi connectivity index (χ2n) is 4.80. The van der Waals surface area contributed by atoms with Crippen LogP contribution in [0.4, 0.5) is 0 Å². The van der Waals surface area contributed by atoms with E-state index in [0.29, 0.717) is 11.5 Å². The van der Waals surface area contributed by atoms with Gasteiger partial charge >= 0.3 is 5.97 Å². The van der Waals surface area contributed by atoms with Crippen LogP contribution in [0.3, 0.4) is 0 Å². The molecule has 1 aliphatic rings. The van der Waals surface area contributed by atoms with Crippen LogP contribution < -0.4 is 0 Å². The maximum absolute atomic E-state index is 12.1. The number of likely N-dealkylation sites (tertiary alicyclic amines) is 1. The van der Waals surface area contributed by atoms with Gasteiger partial charge in [0, 0.05) is 19.3 Å². The summed E-state index contributed by atoms with van der Waals surface area (Å²) in [7, 11) is 0. The van der Waals surface area contributed by atoms with Crippen molar-refractivity contribution in [1.82, 2.24) is 14.7 Å². The molecule has 0 atom stereocenters. The highest BCUT2D eigenvalue weighted by Gasteiger charge is 2.22. The maximum atomic E-state index is 12.1. The number of amides is 1. The van der Waals surface area contributed by atoms with Crippen LogP contribution in [-0.2, 0) is 11.3 Å². The second kappa shape index (κ2) is 5.20. The summed E-state index contributed by atoms with van der Waals surface area (Å²) < 4.78 is 1.27. The molecule has 98 valence electrons. The SMILES string of the molecule is CC1CCN(C(=O)c2cnn(CC(=O)O)c2)CC1. The average molecular weight is 251 g/mol. The van der Waals surface area contributed by atoms with E-state index in [0.717, 1.165) is 25.9 Å². The molecule has 0 spiro atoms. The fourth-order valence-electron chi connectivity index (χ4n) is 2.09. The molecule has 0 aromatic carbocycles. The number of rotatable bonds is 3. The van der Waals surface area contributed by atoms with Crippen molar-refractivity contribution in [2.24, 2.45) is 5.92 Å². The molecule has 1 aromatic heterocycles. The van der Waals surface area contributed by atoms with Crippen LogP contribution in [0.2, 0.25) is 0 Å². The molecule has 0 saturated carbocycles. The highest BCUT2D eigenvalue weighted by molar-refractivity contribution is 5.93. The number of hydrogen-bond acceptors (Lipinski definition) is 3. The molecule has 0 unspecified atom stereocenters. The quantitative estimate of drug-likeness (QED) is 0.863. The lowest BCUT2D eigenvalue weighted by Gasteiger charge is -2.29. The standard InChI is InChI=1S/C12H17N3O3/c1-9-2-4-14(5-3-9)12(18)10-6-13-15(7-10)8-11(16)17/h6-7,9H,2-5,8H2,1H3,(H,16,17). The average Bonchev–Trinajstić information content (AvgIpc) is 2.76. The normalized spacial score (nSPS) is 16.8. The first-order valence-electron chi connectivity index (χ1n) is 6.10. The molecular formula is C12H17N3O3. The zero-order valence-corrected chi connectivity index (χ0v) is 10.4. The maximum Gasteiger partial charge on any atom is 0.325 e. The van der Waals surface area contributed by atoms with Gasteiger partial charge in [-0.2, -0.15) is 5.10 Å². The number of carbonyl (C=O) groups is 2. The minimum absolute atomic E-state index is 0.0569. The van der Waals surface area contributed by atoms with Gasteiger partial charge in [-0.1, -0.05) is 6.92 Å². The van der Waals surface area contributed by atoms with Gasteiger partial charge < -0.3 is 10.0 Å². The number of hydrogen-bond donors (Lipinski definition) is 1. The Morgan fingerprint density at radius 3 is 2.72 bits per heavy atom. The van der Waals surface area contributed by atoms with Gasteiger partial charge in [-0.3, -0.25) is 14.3 Å². The third kappa shape index (κ3) is 2.88. The summed E-state index contributed by atoms with van der Waals surface area (Å²) >= 11 is 0. The van der Waals surface area contributed by atoms with E-state index in [9.17, 15) is 9.59 Å². The van der Waals surface area contributed by atoms with Crippen LogP contribution in [0.15, 0.2) is 12.4 Å². The number of carboxylic acids is 1. The van der Waals surface area contributed by atoms with Crippen molar-refractivity contribution in [3.63, 3.8) is 0 Å². The van der Waals surface area contributed by atoms with Gasteiger partial charge in [-0.25, -0.2) is 0 Å². The molecule has 1 fully saturated rings. The molecule has 1 aliphatic heterocycles. The van der Waals surface area contributed by atoms with Crippen LogP contribution in [0.25, 0.3) is 0 Å². The number of carboxylic acid groups (broad SMARTS) is 1. The van der Waals surface area contributed by atoms with Gasteiger partial charge in [-0.15, -0.1) is 0 Å². The summed E-state index contributed by atoms with van der Waals surface area (Å²) in [5.41, 5.74) is 0.464. The third-order valence-corrected chi connectivity index (χ3v) is 3.25. The van der Waals surface area contributed by atoms with E-state index in [1.165, 1.54) is 17.1 Å². The van der Waals surface area contributed by atoms with Crippen molar-refractivity contribution in [2.45, 2.75) is 26.3 Å². The molecule has 2 rings (SSSR count). The minimum atomic E-state index is -0.969. The van der Waals surface area contributed by atoms with Gasteiger partial charge in [-0.05, 0) is 18.8 Å². The number of nitrogens with zero attached hydrogens (tertiary/aromatic N) is 3. The van der Waals surface area contributed by atoms with E-state index in [1.807, 2.05) is 4.90 Å². The van der Waals surface area contributed by atoms with Crippen molar-refractivity contribution in [2.75, 3.05) is 13.1 Å². The number of aliphatic carboxylic acids is 1. The van der Waals surface area contributed by atoms with E-state index in [-0.39, 0.29) is 12.5 Å². The molecule has 1 saturated heterocycles. The van der Waals surface area contributed by atoms with Crippen molar-refractivity contribution < 1.29 is 14.7 Å². The smallest absolute Gasteiger partial charge is 0.325 e. The number of piperidine rings is 1. The summed E-state index contributed by atoms with van der Waals surface area (Å²) in [6.45, 7) is 3.51. The lowest BCUT2D eigenvalue weighted by Crippen LogP contribution is -2.37. The Balaban J connectivity index is 2.00. The summed E-state index contributed by atoms with van der Waals surface area (Å²) in [6, 6.07) is 0. The second-order valence-corrected chi connectivity index (χ2v) is 4.80. The first-order chi connectivity index (χ1) is 8.56. The van der Waals surface area contributed by atoms with Crippen molar-refractivity contribution in [3.8, 4) is 0 Å². The van der Waals surface area contributed by atoms with Crippen molar-refractivity contribution >= 4 is 11.9 Å². The first-order valence-corrected chi connectivity index (χ1v) is 6.10. The van der Waals surface area contributed by atoms with E-state index in [2.05, 4.69) is 12.0 Å². The summed E-state index contributed by atoms with van der Waals surface area (Å²) in [4.78, 5) is 24.5. The lowest BCUT2D eigenvalue weighted by atomic mass is 9.99. The first kappa shape index (κ1) is 12.6. The Morgan fingerprint density at radius 2 is 2.11 bits per heavy atom. The monoisotopic (exact) mass is 251 g/mol. The molecule has 1 N–H and O–H groups in total. The number of carbonyl (C=O) groups excluding carboxylic acids is 1. The molecule has 2 heterocycles. The van der Waals surface area contributed by atoms with Crippen LogP contribution in [-0.4, -0.2) is 44.8 Å². The van der Waals surface area contributed by atoms with Gasteiger partial charge in [0.1, 0.15) is 6.54 Å². The van der Waals surface area contributed by atoms with Gasteiger partial charge in [0.15, 0.2) is 0 Å². The molecular weight excluding hydrogens is 234 g/mol. The predicted molar refractivity (Wildman–Crippen MR) is 64.2 cm³/mol. The largest absolute Gasteiger partial charge is 0.480 e. The predicted octanol–water partition coefficient (Wildman–Crippen LogP) is 0.840. The van der Waals surface area contributed by atoms with Crippen LogP contribution in [0, 0.1) is 5.92 Å². The van der Waals surface area contributed by atoms with Gasteiger partial charge in [0.25, 0.3) is 5.91 Å². The summed E-state index contributed by atoms with van der Waals surface area (Å²) in [5, 5.41) is 12.5. The Kier molecular flexibility index (Phi) is 3.64. The molecule has 6 heteroatoms. The Hall–Kier alpha value is -1.85. The Bertz CT molecular complexity index is 447. The van der Waals surface area contributed by atoms with Crippen molar-refractivity contribution in [3.05, 3.63) is 18.0 Å². The molecule has 0 radical (unpaired) electrons. The minimum Gasteiger partial charge on any atom is -0.480 e. The van der Waals surface area contributed by atoms with E-state index in [4.69, 9.17) is 5.11 Å². The van der Waals surface area contributed by atoms with Crippen molar-refractivity contribution in [1.29, 1.82) is 0 Å². The van der Waals surface area contributed by atoms with E-state index in [1.54, 1.807) is 0 Å². The Morgan fingerprint density at radius 1 is 1.44 bits per heavy atom. The Labute approximate surface area is 105 Å². The van der Waals surface area contributed by atoms with Crippen LogP contribution in [0.1, 0.15) is 30.1 Å². The fraction of sp³-hybridized carbons (Fsp3) is 0.583. The van der Waals surface area contributed by atoms with E-state index < -0.39 is 5.97 Å². The van der Waals surface area contributed by atoms with Gasteiger partial charge in [0.05, 0.1) is 11.8 Å². The highest BCUT2D eigenvalue weighted by Crippen LogP contribution is 2.17. The zero-order chi connectivity index (χ0) is 13.1. The third-order valence-electron chi connectivity index (χ3n) is 3.25. The molecule has 18 heavy (non-hydrogen) atoms. The van der Waals surface area contributed by atoms with Gasteiger partial charge in [0.2, 0.25) is 0 Å². The van der Waals surface area contributed by atoms with E-state index >= 15 is 0 Å². The highest BCUT2D eigenvalue weighted by atomic mass is 16.4. The topological polar surface area (TPSA) is 75.4 Å². The van der Waals surface area contributed by atoms with Crippen LogP contribution in [0.5, 0.6) is 0 Å².